The summed E-state index contributed by atoms with van der Waals surface area (Å²) in [5.41, 5.74) is 4.65. The van der Waals surface area contributed by atoms with Gasteiger partial charge in [0.25, 0.3) is 0 Å². The number of carbonyl (C=O) groups is 1. The van der Waals surface area contributed by atoms with Crippen LogP contribution in [0.1, 0.15) is 24.0 Å². The van der Waals surface area contributed by atoms with E-state index in [1.165, 1.54) is 11.1 Å². The zero-order valence-corrected chi connectivity index (χ0v) is 15.1. The third-order valence-electron chi connectivity index (χ3n) is 5.43. The third-order valence-corrected chi connectivity index (χ3v) is 5.66. The number of aromatic amines is 1. The molecule has 4 rings (SSSR count). The summed E-state index contributed by atoms with van der Waals surface area (Å²) in [5, 5.41) is 1.90. The number of quaternary nitrogens is 1. The number of hydrogen-bond donors (Lipinski definition) is 1. The maximum absolute atomic E-state index is 12.8. The van der Waals surface area contributed by atoms with Crippen molar-refractivity contribution in [3.05, 3.63) is 64.8 Å². The number of rotatable bonds is 4. The number of benzene rings is 2. The Morgan fingerprint density at radius 3 is 2.68 bits per heavy atom. The van der Waals surface area contributed by atoms with Crippen LogP contribution in [-0.4, -0.2) is 24.0 Å². The smallest absolute Gasteiger partial charge is 0.318 e. The highest BCUT2D eigenvalue weighted by Gasteiger charge is 2.43. The van der Waals surface area contributed by atoms with Gasteiger partial charge in [0.15, 0.2) is 0 Å². The Kier molecular flexibility index (Phi) is 4.14. The van der Waals surface area contributed by atoms with E-state index in [4.69, 9.17) is 11.6 Å². The summed E-state index contributed by atoms with van der Waals surface area (Å²) in [6, 6.07) is 14.3. The lowest BCUT2D eigenvalue weighted by molar-refractivity contribution is -0.127. The number of nitrogens with one attached hydrogen (secondary N) is 1. The van der Waals surface area contributed by atoms with Crippen molar-refractivity contribution in [1.29, 1.82) is 0 Å². The first-order chi connectivity index (χ1) is 12.1. The standard InChI is InChI=1S/C21H22ClN2O/c1-15-4-7-18(8-5-15)24(11-2-3-21(24)25)12-10-16-14-23-20-9-6-17(22)13-19(16)20/h4-9,13-14,23H,2-3,10-12H2,1H3/q+1. The van der Waals surface area contributed by atoms with Crippen LogP contribution in [0.15, 0.2) is 48.7 Å². The predicted molar refractivity (Wildman–Crippen MR) is 104 cm³/mol. The fraction of sp³-hybridized carbons (Fsp3) is 0.286. The molecule has 1 N–H and O–H groups in total. The molecule has 2 aromatic carbocycles. The molecule has 128 valence electrons. The molecule has 0 radical (unpaired) electrons. The number of H-pyrrole nitrogens is 1. The fourth-order valence-corrected chi connectivity index (χ4v) is 4.15. The minimum Gasteiger partial charge on any atom is -0.361 e. The maximum Gasteiger partial charge on any atom is 0.318 e. The summed E-state index contributed by atoms with van der Waals surface area (Å²) in [7, 11) is 0. The normalized spacial score (nSPS) is 20.5. The van der Waals surface area contributed by atoms with Crippen molar-refractivity contribution in [1.82, 2.24) is 9.47 Å². The summed E-state index contributed by atoms with van der Waals surface area (Å²) in [6.45, 7) is 3.77. The molecule has 25 heavy (non-hydrogen) atoms. The SMILES string of the molecule is Cc1ccc([N+]2(CCc3c[nH]c4ccc(Cl)cc34)CCCC2=O)cc1. The molecule has 3 nitrogen and oxygen atoms in total. The van der Waals surface area contributed by atoms with Crippen molar-refractivity contribution >= 4 is 34.1 Å². The molecule has 1 saturated heterocycles. The van der Waals surface area contributed by atoms with Crippen LogP contribution in [0.3, 0.4) is 0 Å². The Morgan fingerprint density at radius 2 is 1.96 bits per heavy atom. The average Bonchev–Trinajstić information content (AvgIpc) is 3.17. The van der Waals surface area contributed by atoms with Gasteiger partial charge in [0, 0.05) is 35.0 Å². The predicted octanol–water partition coefficient (Wildman–Crippen LogP) is 5.00. The Labute approximate surface area is 152 Å². The van der Waals surface area contributed by atoms with Gasteiger partial charge in [-0.1, -0.05) is 29.3 Å². The van der Waals surface area contributed by atoms with E-state index in [1.807, 2.05) is 24.4 Å². The second-order valence-electron chi connectivity index (χ2n) is 7.00. The van der Waals surface area contributed by atoms with Crippen LogP contribution in [0.2, 0.25) is 5.02 Å². The number of hydrogen-bond acceptors (Lipinski definition) is 1. The molecule has 1 amide bonds. The Bertz CT molecular complexity index is 929. The highest BCUT2D eigenvalue weighted by Crippen LogP contribution is 2.32. The van der Waals surface area contributed by atoms with E-state index in [9.17, 15) is 4.79 Å². The molecule has 1 unspecified atom stereocenters. The van der Waals surface area contributed by atoms with Gasteiger partial charge in [-0.05, 0) is 42.8 Å². The molecular weight excluding hydrogens is 332 g/mol. The Hall–Kier alpha value is -2.10. The van der Waals surface area contributed by atoms with Crippen LogP contribution >= 0.6 is 11.6 Å². The van der Waals surface area contributed by atoms with Crippen molar-refractivity contribution in [3.8, 4) is 0 Å². The number of likely N-dealkylation sites (tertiary alicyclic amines) is 1. The number of amides is 1. The van der Waals surface area contributed by atoms with E-state index in [-0.39, 0.29) is 0 Å². The highest BCUT2D eigenvalue weighted by molar-refractivity contribution is 6.31. The lowest BCUT2D eigenvalue weighted by Gasteiger charge is -2.31. The molecule has 0 aliphatic carbocycles. The van der Waals surface area contributed by atoms with Crippen LogP contribution < -0.4 is 4.48 Å². The zero-order chi connectivity index (χ0) is 17.4. The van der Waals surface area contributed by atoms with Gasteiger partial charge in [-0.2, -0.15) is 0 Å². The molecule has 1 aliphatic heterocycles. The summed E-state index contributed by atoms with van der Waals surface area (Å²) in [4.78, 5) is 16.1. The van der Waals surface area contributed by atoms with Crippen molar-refractivity contribution in [3.63, 3.8) is 0 Å². The summed E-state index contributed by atoms with van der Waals surface area (Å²) < 4.78 is 0.466. The second kappa shape index (κ2) is 6.32. The van der Waals surface area contributed by atoms with Crippen LogP contribution in [0.25, 0.3) is 10.9 Å². The molecule has 1 aliphatic rings. The van der Waals surface area contributed by atoms with Crippen LogP contribution in [0.5, 0.6) is 0 Å². The zero-order valence-electron chi connectivity index (χ0n) is 14.4. The lowest BCUT2D eigenvalue weighted by atomic mass is 10.1. The van der Waals surface area contributed by atoms with Gasteiger partial charge in [-0.15, -0.1) is 0 Å². The second-order valence-corrected chi connectivity index (χ2v) is 7.44. The van der Waals surface area contributed by atoms with Crippen LogP contribution in [0, 0.1) is 6.92 Å². The largest absolute Gasteiger partial charge is 0.361 e. The van der Waals surface area contributed by atoms with Gasteiger partial charge in [-0.3, -0.25) is 0 Å². The Balaban J connectivity index is 1.66. The summed E-state index contributed by atoms with van der Waals surface area (Å²) in [5.74, 6) is 0.335. The topological polar surface area (TPSA) is 32.9 Å². The van der Waals surface area contributed by atoms with Gasteiger partial charge < -0.3 is 4.98 Å². The number of fused-ring (bicyclic) bond motifs is 1. The van der Waals surface area contributed by atoms with Crippen molar-refractivity contribution in [2.75, 3.05) is 13.1 Å². The third kappa shape index (κ3) is 2.88. The number of carbonyl (C=O) groups excluding carboxylic acids is 1. The van der Waals surface area contributed by atoms with Crippen LogP contribution in [0.4, 0.5) is 5.69 Å². The molecule has 0 bridgehead atoms. The van der Waals surface area contributed by atoms with E-state index in [2.05, 4.69) is 36.2 Å². The average molecular weight is 354 g/mol. The molecule has 1 fully saturated rings. The van der Waals surface area contributed by atoms with Gasteiger partial charge in [-0.25, -0.2) is 9.28 Å². The first-order valence-electron chi connectivity index (χ1n) is 8.82. The first kappa shape index (κ1) is 16.4. The molecule has 0 spiro atoms. The van der Waals surface area contributed by atoms with E-state index in [0.29, 0.717) is 16.8 Å². The number of aryl methyl sites for hydroxylation is 1. The van der Waals surface area contributed by atoms with Crippen molar-refractivity contribution in [2.24, 2.45) is 0 Å². The fourth-order valence-electron chi connectivity index (χ4n) is 3.98. The number of halogens is 1. The van der Waals surface area contributed by atoms with E-state index in [0.717, 1.165) is 47.5 Å². The lowest BCUT2D eigenvalue weighted by Crippen LogP contribution is -2.51. The van der Waals surface area contributed by atoms with E-state index in [1.54, 1.807) is 0 Å². The van der Waals surface area contributed by atoms with E-state index < -0.39 is 0 Å². The highest BCUT2D eigenvalue weighted by atomic mass is 35.5. The quantitative estimate of drug-likeness (QED) is 0.658. The molecule has 4 heteroatoms. The summed E-state index contributed by atoms with van der Waals surface area (Å²) in [6.07, 6.45) is 4.53. The van der Waals surface area contributed by atoms with Gasteiger partial charge in [0.1, 0.15) is 5.69 Å². The number of nitrogens with zero attached hydrogens (tertiary/aromatic N) is 1. The van der Waals surface area contributed by atoms with E-state index >= 15 is 0 Å². The van der Waals surface area contributed by atoms with Gasteiger partial charge >= 0.3 is 5.91 Å². The van der Waals surface area contributed by atoms with Crippen molar-refractivity contribution in [2.45, 2.75) is 26.2 Å². The van der Waals surface area contributed by atoms with Crippen LogP contribution in [-0.2, 0) is 11.2 Å². The molecule has 3 aromatic rings. The summed E-state index contributed by atoms with van der Waals surface area (Å²) >= 11 is 6.16. The minimum absolute atomic E-state index is 0.335. The van der Waals surface area contributed by atoms with Gasteiger partial charge in [0.2, 0.25) is 0 Å². The number of aromatic nitrogens is 1. The van der Waals surface area contributed by atoms with Gasteiger partial charge in [0.05, 0.1) is 19.5 Å². The molecule has 2 heterocycles. The monoisotopic (exact) mass is 353 g/mol. The maximum atomic E-state index is 12.8. The molecule has 1 atom stereocenters. The molecule has 0 saturated carbocycles. The molecule has 1 aromatic heterocycles. The Morgan fingerprint density at radius 1 is 1.16 bits per heavy atom. The molecular formula is C21H22ClN2O+. The minimum atomic E-state index is 0.335. The van der Waals surface area contributed by atoms with Crippen molar-refractivity contribution < 1.29 is 4.79 Å². The first-order valence-corrected chi connectivity index (χ1v) is 9.19.